The fourth-order valence-corrected chi connectivity index (χ4v) is 3.38. The second-order valence-corrected chi connectivity index (χ2v) is 6.26. The Morgan fingerprint density at radius 3 is 2.67 bits per heavy atom. The first kappa shape index (κ1) is 14.3. The molecule has 3 heteroatoms. The summed E-state index contributed by atoms with van der Waals surface area (Å²) in [6, 6.07) is 0.769. The van der Waals surface area contributed by atoms with Crippen LogP contribution in [-0.2, 0) is 4.74 Å². The van der Waals surface area contributed by atoms with E-state index in [1.807, 2.05) is 0 Å². The molecule has 0 aromatic carbocycles. The molecule has 18 heavy (non-hydrogen) atoms. The van der Waals surface area contributed by atoms with Crippen LogP contribution in [0.4, 0.5) is 0 Å². The van der Waals surface area contributed by atoms with Crippen molar-refractivity contribution < 1.29 is 4.74 Å². The van der Waals surface area contributed by atoms with Crippen LogP contribution in [0.3, 0.4) is 0 Å². The smallest absolute Gasteiger partial charge is 0.0594 e. The number of morpholine rings is 1. The van der Waals surface area contributed by atoms with Gasteiger partial charge in [-0.05, 0) is 50.6 Å². The van der Waals surface area contributed by atoms with E-state index in [9.17, 15) is 0 Å². The highest BCUT2D eigenvalue weighted by atomic mass is 16.5. The Morgan fingerprint density at radius 2 is 1.94 bits per heavy atom. The average molecular weight is 254 g/mol. The van der Waals surface area contributed by atoms with Gasteiger partial charge in [0.15, 0.2) is 0 Å². The molecule has 1 aliphatic carbocycles. The second kappa shape index (κ2) is 7.46. The summed E-state index contributed by atoms with van der Waals surface area (Å²) in [5.74, 6) is 1.79. The topological polar surface area (TPSA) is 24.5 Å². The van der Waals surface area contributed by atoms with Crippen molar-refractivity contribution in [1.29, 1.82) is 0 Å². The van der Waals surface area contributed by atoms with Crippen molar-refractivity contribution in [1.82, 2.24) is 10.2 Å². The van der Waals surface area contributed by atoms with Crippen molar-refractivity contribution in [3.8, 4) is 0 Å². The van der Waals surface area contributed by atoms with E-state index in [2.05, 4.69) is 24.1 Å². The van der Waals surface area contributed by atoms with Gasteiger partial charge in [-0.1, -0.05) is 13.8 Å². The van der Waals surface area contributed by atoms with Crippen molar-refractivity contribution in [2.75, 3.05) is 39.4 Å². The Kier molecular flexibility index (Phi) is 5.93. The minimum Gasteiger partial charge on any atom is -0.379 e. The van der Waals surface area contributed by atoms with E-state index in [4.69, 9.17) is 4.74 Å². The highest BCUT2D eigenvalue weighted by molar-refractivity contribution is 4.81. The second-order valence-electron chi connectivity index (χ2n) is 6.26. The van der Waals surface area contributed by atoms with Crippen LogP contribution in [0, 0.1) is 11.8 Å². The summed E-state index contributed by atoms with van der Waals surface area (Å²) in [7, 11) is 0. The normalized spacial score (nSPS) is 34.7. The van der Waals surface area contributed by atoms with E-state index in [1.54, 1.807) is 0 Å². The predicted octanol–water partition coefficient (Wildman–Crippen LogP) is 2.12. The maximum atomic E-state index is 5.37. The molecule has 0 aromatic heterocycles. The number of nitrogens with zero attached hydrogens (tertiary/aromatic N) is 1. The van der Waals surface area contributed by atoms with Gasteiger partial charge in [0, 0.05) is 19.1 Å². The third-order valence-corrected chi connectivity index (χ3v) is 4.59. The molecule has 0 amide bonds. The van der Waals surface area contributed by atoms with Crippen molar-refractivity contribution in [3.63, 3.8) is 0 Å². The van der Waals surface area contributed by atoms with Gasteiger partial charge in [0.2, 0.25) is 0 Å². The van der Waals surface area contributed by atoms with Crippen LogP contribution in [0.2, 0.25) is 0 Å². The first-order valence-corrected chi connectivity index (χ1v) is 7.79. The summed E-state index contributed by atoms with van der Waals surface area (Å²) < 4.78 is 5.37. The van der Waals surface area contributed by atoms with E-state index in [1.165, 1.54) is 38.8 Å². The third kappa shape index (κ3) is 4.52. The molecule has 2 rings (SSSR count). The quantitative estimate of drug-likeness (QED) is 0.761. The summed E-state index contributed by atoms with van der Waals surface area (Å²) in [4.78, 5) is 2.53. The van der Waals surface area contributed by atoms with E-state index < -0.39 is 0 Å². The Bertz CT molecular complexity index is 229. The standard InChI is InChI=1S/C15H30N2O/c1-13-4-5-15(14(2)12-13)16-6-3-7-17-8-10-18-11-9-17/h13-16H,3-12H2,1-2H3. The molecule has 0 radical (unpaired) electrons. The lowest BCUT2D eigenvalue weighted by atomic mass is 9.80. The zero-order chi connectivity index (χ0) is 12.8. The van der Waals surface area contributed by atoms with Gasteiger partial charge in [-0.15, -0.1) is 0 Å². The molecule has 3 unspecified atom stereocenters. The molecule has 1 saturated carbocycles. The lowest BCUT2D eigenvalue weighted by molar-refractivity contribution is 0.0372. The number of nitrogens with one attached hydrogen (secondary N) is 1. The molecule has 3 nitrogen and oxygen atoms in total. The average Bonchev–Trinajstić information content (AvgIpc) is 2.38. The number of rotatable bonds is 5. The molecule has 2 fully saturated rings. The lowest BCUT2D eigenvalue weighted by Gasteiger charge is -2.33. The van der Waals surface area contributed by atoms with Crippen molar-refractivity contribution in [3.05, 3.63) is 0 Å². The van der Waals surface area contributed by atoms with Crippen molar-refractivity contribution >= 4 is 0 Å². The number of hydrogen-bond donors (Lipinski definition) is 1. The fraction of sp³-hybridized carbons (Fsp3) is 1.00. The minimum atomic E-state index is 0.769. The number of hydrogen-bond acceptors (Lipinski definition) is 3. The Balaban J connectivity index is 1.54. The summed E-state index contributed by atoms with van der Waals surface area (Å²) in [5, 5.41) is 3.77. The van der Waals surface area contributed by atoms with Crippen molar-refractivity contribution in [2.24, 2.45) is 11.8 Å². The Morgan fingerprint density at radius 1 is 1.17 bits per heavy atom. The molecule has 3 atom stereocenters. The maximum Gasteiger partial charge on any atom is 0.0594 e. The minimum absolute atomic E-state index is 0.769. The zero-order valence-electron chi connectivity index (χ0n) is 12.2. The number of ether oxygens (including phenoxy) is 1. The summed E-state index contributed by atoms with van der Waals surface area (Å²) >= 11 is 0. The molecule has 1 heterocycles. The third-order valence-electron chi connectivity index (χ3n) is 4.59. The zero-order valence-corrected chi connectivity index (χ0v) is 12.2. The van der Waals surface area contributed by atoms with Crippen molar-refractivity contribution in [2.45, 2.75) is 45.6 Å². The van der Waals surface area contributed by atoms with Gasteiger partial charge < -0.3 is 10.1 Å². The van der Waals surface area contributed by atoms with Crippen LogP contribution in [0.25, 0.3) is 0 Å². The summed E-state index contributed by atoms with van der Waals surface area (Å²) in [6.45, 7) is 11.3. The van der Waals surface area contributed by atoms with Gasteiger partial charge in [0.25, 0.3) is 0 Å². The molecular weight excluding hydrogens is 224 g/mol. The molecule has 1 N–H and O–H groups in total. The van der Waals surface area contributed by atoms with E-state index in [0.29, 0.717) is 0 Å². The van der Waals surface area contributed by atoms with Crippen LogP contribution >= 0.6 is 0 Å². The van der Waals surface area contributed by atoms with Gasteiger partial charge in [-0.25, -0.2) is 0 Å². The highest BCUT2D eigenvalue weighted by Crippen LogP contribution is 2.28. The van der Waals surface area contributed by atoms with Crippen LogP contribution in [0.1, 0.15) is 39.5 Å². The predicted molar refractivity (Wildman–Crippen MR) is 75.8 cm³/mol. The molecule has 0 aromatic rings. The maximum absolute atomic E-state index is 5.37. The first-order valence-electron chi connectivity index (χ1n) is 7.79. The first-order chi connectivity index (χ1) is 8.75. The Hall–Kier alpha value is -0.120. The SMILES string of the molecule is CC1CCC(NCCCN2CCOCC2)C(C)C1. The van der Waals surface area contributed by atoms with Gasteiger partial charge in [0.1, 0.15) is 0 Å². The van der Waals surface area contributed by atoms with Crippen LogP contribution in [-0.4, -0.2) is 50.3 Å². The highest BCUT2D eigenvalue weighted by Gasteiger charge is 2.24. The van der Waals surface area contributed by atoms with Gasteiger partial charge >= 0.3 is 0 Å². The molecule has 106 valence electrons. The molecule has 1 saturated heterocycles. The van der Waals surface area contributed by atoms with Crippen LogP contribution in [0.15, 0.2) is 0 Å². The largest absolute Gasteiger partial charge is 0.379 e. The monoisotopic (exact) mass is 254 g/mol. The van der Waals surface area contributed by atoms with E-state index in [0.717, 1.165) is 44.2 Å². The molecular formula is C15H30N2O. The summed E-state index contributed by atoms with van der Waals surface area (Å²) in [5.41, 5.74) is 0. The lowest BCUT2D eigenvalue weighted by Crippen LogP contribution is -2.41. The van der Waals surface area contributed by atoms with Gasteiger partial charge in [0.05, 0.1) is 13.2 Å². The van der Waals surface area contributed by atoms with Gasteiger partial charge in [-0.2, -0.15) is 0 Å². The van der Waals surface area contributed by atoms with E-state index in [-0.39, 0.29) is 0 Å². The fourth-order valence-electron chi connectivity index (χ4n) is 3.38. The van der Waals surface area contributed by atoms with E-state index >= 15 is 0 Å². The Labute approximate surface area is 112 Å². The van der Waals surface area contributed by atoms with Crippen LogP contribution in [0.5, 0.6) is 0 Å². The molecule has 1 aliphatic heterocycles. The molecule has 0 bridgehead atoms. The molecule has 2 aliphatic rings. The molecule has 0 spiro atoms. The summed E-state index contributed by atoms with van der Waals surface area (Å²) in [6.07, 6.45) is 5.46. The van der Waals surface area contributed by atoms with Gasteiger partial charge in [-0.3, -0.25) is 4.90 Å². The van der Waals surface area contributed by atoms with Crippen LogP contribution < -0.4 is 5.32 Å².